The number of rotatable bonds is 3. The van der Waals surface area contributed by atoms with Gasteiger partial charge in [0.1, 0.15) is 5.75 Å². The van der Waals surface area contributed by atoms with E-state index in [-0.39, 0.29) is 22.8 Å². The molecule has 0 radical (unpaired) electrons. The molecule has 0 unspecified atom stereocenters. The minimum Gasteiger partial charge on any atom is -0.506 e. The lowest BCUT2D eigenvalue weighted by molar-refractivity contribution is -0.384. The number of phenols is 1. The van der Waals surface area contributed by atoms with Crippen molar-refractivity contribution in [1.29, 1.82) is 0 Å². The Balaban J connectivity index is 2.03. The van der Waals surface area contributed by atoms with E-state index in [9.17, 15) is 24.8 Å². The molecular weight excluding hydrogens is 302 g/mol. The van der Waals surface area contributed by atoms with Crippen molar-refractivity contribution in [3.63, 3.8) is 0 Å². The number of carbonyl (C=O) groups is 2. The number of nitrogens with one attached hydrogen (secondary N) is 2. The molecule has 0 saturated carbocycles. The fraction of sp³-hybridized carbons (Fsp3) is 0.0667. The Morgan fingerprint density at radius 2 is 1.65 bits per heavy atom. The topological polar surface area (TPSA) is 122 Å². The molecule has 0 saturated heterocycles. The number of amides is 2. The van der Waals surface area contributed by atoms with E-state index in [1.807, 2.05) is 0 Å². The Hall–Kier alpha value is -3.42. The number of nitro groups is 1. The SMILES string of the molecule is Cc1ccc(O)c(NC(=O)C(=O)Nc2ccc([N+](=O)[O-])cc2)c1. The van der Waals surface area contributed by atoms with E-state index >= 15 is 0 Å². The van der Waals surface area contributed by atoms with E-state index in [2.05, 4.69) is 10.6 Å². The van der Waals surface area contributed by atoms with Crippen LogP contribution < -0.4 is 10.6 Å². The van der Waals surface area contributed by atoms with E-state index in [1.54, 1.807) is 13.0 Å². The van der Waals surface area contributed by atoms with Crippen LogP contribution in [-0.2, 0) is 9.59 Å². The van der Waals surface area contributed by atoms with Crippen LogP contribution in [-0.4, -0.2) is 21.8 Å². The average molecular weight is 315 g/mol. The summed E-state index contributed by atoms with van der Waals surface area (Å²) < 4.78 is 0. The summed E-state index contributed by atoms with van der Waals surface area (Å²) in [4.78, 5) is 33.6. The van der Waals surface area contributed by atoms with Crippen LogP contribution in [0.15, 0.2) is 42.5 Å². The molecule has 3 N–H and O–H groups in total. The first kappa shape index (κ1) is 16.0. The summed E-state index contributed by atoms with van der Waals surface area (Å²) in [5, 5.41) is 24.8. The fourth-order valence-electron chi connectivity index (χ4n) is 1.78. The number of nitro benzene ring substituents is 1. The van der Waals surface area contributed by atoms with Crippen molar-refractivity contribution in [1.82, 2.24) is 0 Å². The quantitative estimate of drug-likeness (QED) is 0.347. The van der Waals surface area contributed by atoms with Gasteiger partial charge in [0.05, 0.1) is 10.6 Å². The Bertz CT molecular complexity index is 771. The van der Waals surface area contributed by atoms with Gasteiger partial charge in [0, 0.05) is 17.8 Å². The van der Waals surface area contributed by atoms with Crippen molar-refractivity contribution in [2.75, 3.05) is 10.6 Å². The van der Waals surface area contributed by atoms with Crippen LogP contribution in [0.1, 0.15) is 5.56 Å². The zero-order valence-corrected chi connectivity index (χ0v) is 12.1. The van der Waals surface area contributed by atoms with Crippen molar-refractivity contribution in [2.24, 2.45) is 0 Å². The van der Waals surface area contributed by atoms with Gasteiger partial charge in [-0.05, 0) is 36.8 Å². The van der Waals surface area contributed by atoms with Crippen molar-refractivity contribution in [3.8, 4) is 5.75 Å². The van der Waals surface area contributed by atoms with Crippen LogP contribution in [0.25, 0.3) is 0 Å². The lowest BCUT2D eigenvalue weighted by Gasteiger charge is -2.08. The highest BCUT2D eigenvalue weighted by atomic mass is 16.6. The van der Waals surface area contributed by atoms with Crippen molar-refractivity contribution in [3.05, 3.63) is 58.1 Å². The zero-order chi connectivity index (χ0) is 17.0. The van der Waals surface area contributed by atoms with Crippen LogP contribution in [0.5, 0.6) is 5.75 Å². The largest absolute Gasteiger partial charge is 0.506 e. The normalized spacial score (nSPS) is 9.96. The molecule has 118 valence electrons. The molecule has 2 rings (SSSR count). The second-order valence-electron chi connectivity index (χ2n) is 4.73. The van der Waals surface area contributed by atoms with Crippen LogP contribution in [0.3, 0.4) is 0 Å². The molecule has 23 heavy (non-hydrogen) atoms. The minimum atomic E-state index is -0.968. The van der Waals surface area contributed by atoms with Gasteiger partial charge in [-0.15, -0.1) is 0 Å². The van der Waals surface area contributed by atoms with Crippen LogP contribution in [0.4, 0.5) is 17.1 Å². The highest BCUT2D eigenvalue weighted by Gasteiger charge is 2.16. The molecule has 0 spiro atoms. The number of carbonyl (C=O) groups excluding carboxylic acids is 2. The number of hydrogen-bond acceptors (Lipinski definition) is 5. The Kier molecular flexibility index (Phi) is 4.55. The van der Waals surface area contributed by atoms with Gasteiger partial charge >= 0.3 is 11.8 Å². The number of aromatic hydroxyl groups is 1. The molecule has 2 aromatic carbocycles. The first-order chi connectivity index (χ1) is 10.9. The fourth-order valence-corrected chi connectivity index (χ4v) is 1.78. The molecule has 8 heteroatoms. The second kappa shape index (κ2) is 6.56. The third kappa shape index (κ3) is 4.03. The van der Waals surface area contributed by atoms with Crippen LogP contribution in [0.2, 0.25) is 0 Å². The van der Waals surface area contributed by atoms with Gasteiger partial charge in [0.15, 0.2) is 0 Å². The van der Waals surface area contributed by atoms with Crippen molar-refractivity contribution < 1.29 is 19.6 Å². The van der Waals surface area contributed by atoms with Gasteiger partial charge in [-0.3, -0.25) is 19.7 Å². The van der Waals surface area contributed by atoms with E-state index in [0.29, 0.717) is 0 Å². The van der Waals surface area contributed by atoms with Gasteiger partial charge in [-0.25, -0.2) is 0 Å². The molecule has 2 aromatic rings. The number of aryl methyl sites for hydroxylation is 1. The molecule has 8 nitrogen and oxygen atoms in total. The molecule has 0 aliphatic carbocycles. The molecule has 0 heterocycles. The molecule has 0 aliphatic heterocycles. The summed E-state index contributed by atoms with van der Waals surface area (Å²) in [6.45, 7) is 1.77. The highest BCUT2D eigenvalue weighted by molar-refractivity contribution is 6.43. The maximum absolute atomic E-state index is 11.8. The predicted octanol–water partition coefficient (Wildman–Crippen LogP) is 2.19. The Labute approximate surface area is 130 Å². The first-order valence-corrected chi connectivity index (χ1v) is 6.53. The Morgan fingerprint density at radius 1 is 1.04 bits per heavy atom. The number of anilines is 2. The Morgan fingerprint density at radius 3 is 2.26 bits per heavy atom. The first-order valence-electron chi connectivity index (χ1n) is 6.53. The third-order valence-electron chi connectivity index (χ3n) is 2.94. The van der Waals surface area contributed by atoms with Crippen LogP contribution in [0, 0.1) is 17.0 Å². The third-order valence-corrected chi connectivity index (χ3v) is 2.94. The van der Waals surface area contributed by atoms with E-state index in [1.165, 1.54) is 36.4 Å². The smallest absolute Gasteiger partial charge is 0.314 e. The lowest BCUT2D eigenvalue weighted by Crippen LogP contribution is -2.29. The van der Waals surface area contributed by atoms with E-state index in [4.69, 9.17) is 0 Å². The number of phenolic OH excluding ortho intramolecular Hbond substituents is 1. The van der Waals surface area contributed by atoms with Gasteiger partial charge < -0.3 is 15.7 Å². The number of benzene rings is 2. The molecule has 0 aliphatic rings. The molecule has 0 aromatic heterocycles. The average Bonchev–Trinajstić information content (AvgIpc) is 2.51. The molecule has 0 bridgehead atoms. The summed E-state index contributed by atoms with van der Waals surface area (Å²) >= 11 is 0. The minimum absolute atomic E-state index is 0.119. The van der Waals surface area contributed by atoms with Crippen molar-refractivity contribution in [2.45, 2.75) is 6.92 Å². The monoisotopic (exact) mass is 315 g/mol. The summed E-state index contributed by atoms with van der Waals surface area (Å²) in [5.74, 6) is -2.09. The maximum Gasteiger partial charge on any atom is 0.314 e. The summed E-state index contributed by atoms with van der Waals surface area (Å²) in [7, 11) is 0. The second-order valence-corrected chi connectivity index (χ2v) is 4.73. The number of hydrogen-bond donors (Lipinski definition) is 3. The predicted molar refractivity (Wildman–Crippen MR) is 83.2 cm³/mol. The summed E-state index contributed by atoms with van der Waals surface area (Å²) in [6, 6.07) is 9.62. The molecule has 2 amide bonds. The summed E-state index contributed by atoms with van der Waals surface area (Å²) in [6.07, 6.45) is 0. The van der Waals surface area contributed by atoms with Crippen molar-refractivity contribution >= 4 is 28.9 Å². The highest BCUT2D eigenvalue weighted by Crippen LogP contribution is 2.23. The van der Waals surface area contributed by atoms with E-state index in [0.717, 1.165) is 5.56 Å². The van der Waals surface area contributed by atoms with Gasteiger partial charge in [0.25, 0.3) is 5.69 Å². The number of nitrogens with zero attached hydrogens (tertiary/aromatic N) is 1. The maximum atomic E-state index is 11.8. The number of non-ortho nitro benzene ring substituents is 1. The molecule has 0 atom stereocenters. The van der Waals surface area contributed by atoms with E-state index < -0.39 is 16.7 Å². The van der Waals surface area contributed by atoms with Crippen LogP contribution >= 0.6 is 0 Å². The van der Waals surface area contributed by atoms with Gasteiger partial charge in [-0.1, -0.05) is 6.07 Å². The summed E-state index contributed by atoms with van der Waals surface area (Å²) in [5.41, 5.74) is 1.03. The lowest BCUT2D eigenvalue weighted by atomic mass is 10.2. The van der Waals surface area contributed by atoms with Gasteiger partial charge in [0.2, 0.25) is 0 Å². The van der Waals surface area contributed by atoms with Gasteiger partial charge in [-0.2, -0.15) is 0 Å². The molecular formula is C15H13N3O5. The standard InChI is InChI=1S/C15H13N3O5/c1-9-2-7-13(19)12(8-9)17-15(21)14(20)16-10-3-5-11(6-4-10)18(22)23/h2-8,19H,1H3,(H,16,20)(H,17,21). The zero-order valence-electron chi connectivity index (χ0n) is 12.1. The molecule has 0 fully saturated rings.